The van der Waals surface area contributed by atoms with Gasteiger partial charge in [0.05, 0.1) is 6.61 Å². The molecule has 17 heavy (non-hydrogen) atoms. The third-order valence-electron chi connectivity index (χ3n) is 2.27. The summed E-state index contributed by atoms with van der Waals surface area (Å²) in [6, 6.07) is 8.42. The quantitative estimate of drug-likeness (QED) is 0.580. The first-order valence-electron chi connectivity index (χ1n) is 5.17. The van der Waals surface area contributed by atoms with Crippen LogP contribution >= 0.6 is 0 Å². The summed E-state index contributed by atoms with van der Waals surface area (Å²) in [6.07, 6.45) is -0.317. The second kappa shape index (κ2) is 5.45. The minimum absolute atomic E-state index is 0.0171. The molecule has 0 amide bonds. The maximum atomic E-state index is 11.5. The minimum Gasteiger partial charge on any atom is -0.479 e. The standard InChI is InChI=1S/C12H14O5/c1-2-17-11(15)12(16,10(13)14)8-9-6-4-3-5-7-9/h3-7,16H,2,8H2,1H3,(H,13,14)/t12-/m1/s1. The maximum Gasteiger partial charge on any atom is 0.350 e. The summed E-state index contributed by atoms with van der Waals surface area (Å²) in [7, 11) is 0. The van der Waals surface area contributed by atoms with Gasteiger partial charge in [0.1, 0.15) is 0 Å². The van der Waals surface area contributed by atoms with Gasteiger partial charge >= 0.3 is 11.9 Å². The van der Waals surface area contributed by atoms with Crippen LogP contribution < -0.4 is 0 Å². The molecule has 92 valence electrons. The molecule has 0 heterocycles. The molecule has 0 bridgehead atoms. The first kappa shape index (κ1) is 13.2. The van der Waals surface area contributed by atoms with E-state index in [0.29, 0.717) is 5.56 Å². The zero-order valence-corrected chi connectivity index (χ0v) is 9.42. The lowest BCUT2D eigenvalue weighted by Crippen LogP contribution is -2.49. The summed E-state index contributed by atoms with van der Waals surface area (Å²) in [4.78, 5) is 22.4. The zero-order valence-electron chi connectivity index (χ0n) is 9.42. The molecule has 1 atom stereocenters. The summed E-state index contributed by atoms with van der Waals surface area (Å²) in [5, 5.41) is 18.8. The third-order valence-corrected chi connectivity index (χ3v) is 2.27. The summed E-state index contributed by atoms with van der Waals surface area (Å²) < 4.78 is 4.57. The van der Waals surface area contributed by atoms with E-state index >= 15 is 0 Å². The van der Waals surface area contributed by atoms with Gasteiger partial charge in [-0.1, -0.05) is 30.3 Å². The fourth-order valence-corrected chi connectivity index (χ4v) is 1.38. The molecule has 5 nitrogen and oxygen atoms in total. The molecule has 0 aliphatic carbocycles. The van der Waals surface area contributed by atoms with Gasteiger partial charge in [-0.25, -0.2) is 9.59 Å². The van der Waals surface area contributed by atoms with E-state index in [1.165, 1.54) is 0 Å². The summed E-state index contributed by atoms with van der Waals surface area (Å²) in [5.74, 6) is -2.75. The number of carboxylic acid groups (broad SMARTS) is 1. The Morgan fingerprint density at radius 1 is 1.29 bits per heavy atom. The fourth-order valence-electron chi connectivity index (χ4n) is 1.38. The van der Waals surface area contributed by atoms with E-state index in [9.17, 15) is 14.7 Å². The van der Waals surface area contributed by atoms with Gasteiger partial charge in [-0.3, -0.25) is 0 Å². The second-order valence-electron chi connectivity index (χ2n) is 3.55. The molecule has 5 heteroatoms. The lowest BCUT2D eigenvalue weighted by Gasteiger charge is -2.21. The molecule has 0 unspecified atom stereocenters. The number of hydrogen-bond acceptors (Lipinski definition) is 4. The van der Waals surface area contributed by atoms with Gasteiger partial charge in [-0.15, -0.1) is 0 Å². The van der Waals surface area contributed by atoms with Crippen molar-refractivity contribution in [3.05, 3.63) is 35.9 Å². The smallest absolute Gasteiger partial charge is 0.350 e. The van der Waals surface area contributed by atoms with Crippen LogP contribution in [-0.4, -0.2) is 34.4 Å². The van der Waals surface area contributed by atoms with Crippen molar-refractivity contribution in [1.29, 1.82) is 0 Å². The van der Waals surface area contributed by atoms with Gasteiger partial charge in [0.25, 0.3) is 5.60 Å². The Kier molecular flexibility index (Phi) is 4.23. The molecule has 0 radical (unpaired) electrons. The van der Waals surface area contributed by atoms with Crippen LogP contribution in [0.5, 0.6) is 0 Å². The van der Waals surface area contributed by atoms with Gasteiger partial charge in [0.15, 0.2) is 0 Å². The molecule has 0 saturated heterocycles. The lowest BCUT2D eigenvalue weighted by atomic mass is 9.95. The van der Waals surface area contributed by atoms with E-state index in [1.54, 1.807) is 37.3 Å². The molecule has 0 saturated carbocycles. The van der Waals surface area contributed by atoms with Crippen LogP contribution in [0.3, 0.4) is 0 Å². The minimum atomic E-state index is -2.53. The van der Waals surface area contributed by atoms with E-state index in [1.807, 2.05) is 0 Å². The Labute approximate surface area is 98.6 Å². The Bertz CT molecular complexity index is 401. The first-order valence-corrected chi connectivity index (χ1v) is 5.17. The SMILES string of the molecule is CCOC(=O)[C@@](O)(Cc1ccccc1)C(=O)O. The largest absolute Gasteiger partial charge is 0.479 e. The van der Waals surface area contributed by atoms with E-state index in [2.05, 4.69) is 4.74 Å². The predicted molar refractivity (Wildman–Crippen MR) is 59.4 cm³/mol. The number of aliphatic hydroxyl groups is 1. The Morgan fingerprint density at radius 2 is 1.88 bits per heavy atom. The average Bonchev–Trinajstić information content (AvgIpc) is 2.30. The molecule has 0 aliphatic heterocycles. The van der Waals surface area contributed by atoms with Crippen molar-refractivity contribution in [2.45, 2.75) is 18.9 Å². The first-order chi connectivity index (χ1) is 8.00. The number of carbonyl (C=O) groups is 2. The van der Waals surface area contributed by atoms with Crippen molar-refractivity contribution in [2.24, 2.45) is 0 Å². The number of carboxylic acids is 1. The third kappa shape index (κ3) is 3.04. The van der Waals surface area contributed by atoms with E-state index in [4.69, 9.17) is 5.11 Å². The van der Waals surface area contributed by atoms with Crippen LogP contribution in [-0.2, 0) is 20.7 Å². The highest BCUT2D eigenvalue weighted by Gasteiger charge is 2.46. The van der Waals surface area contributed by atoms with Gasteiger partial charge in [0.2, 0.25) is 0 Å². The Hall–Kier alpha value is -1.88. The number of aliphatic carboxylic acids is 1. The molecular formula is C12H14O5. The van der Waals surface area contributed by atoms with Crippen molar-refractivity contribution < 1.29 is 24.5 Å². The molecule has 0 aliphatic rings. The highest BCUT2D eigenvalue weighted by atomic mass is 16.6. The second-order valence-corrected chi connectivity index (χ2v) is 3.55. The van der Waals surface area contributed by atoms with Crippen molar-refractivity contribution in [3.63, 3.8) is 0 Å². The lowest BCUT2D eigenvalue weighted by molar-refractivity contribution is -0.179. The number of ether oxygens (including phenoxy) is 1. The van der Waals surface area contributed by atoms with Gasteiger partial charge in [-0.2, -0.15) is 0 Å². The fraction of sp³-hybridized carbons (Fsp3) is 0.333. The number of esters is 1. The number of hydrogen-bond donors (Lipinski definition) is 2. The van der Waals surface area contributed by atoms with Crippen LogP contribution in [0.4, 0.5) is 0 Å². The predicted octanol–water partition coefficient (Wildman–Crippen LogP) is 0.608. The normalized spacial score (nSPS) is 13.8. The van der Waals surface area contributed by atoms with Gasteiger partial charge < -0.3 is 14.9 Å². The highest BCUT2D eigenvalue weighted by Crippen LogP contribution is 2.16. The van der Waals surface area contributed by atoms with Crippen LogP contribution in [0.15, 0.2) is 30.3 Å². The molecule has 0 spiro atoms. The number of benzene rings is 1. The van der Waals surface area contributed by atoms with Crippen LogP contribution in [0.25, 0.3) is 0 Å². The summed E-state index contributed by atoms with van der Waals surface area (Å²) in [6.45, 7) is 1.56. The van der Waals surface area contributed by atoms with Gasteiger partial charge in [-0.05, 0) is 12.5 Å². The van der Waals surface area contributed by atoms with Crippen LogP contribution in [0.2, 0.25) is 0 Å². The number of rotatable bonds is 5. The van der Waals surface area contributed by atoms with Crippen LogP contribution in [0.1, 0.15) is 12.5 Å². The summed E-state index contributed by atoms with van der Waals surface area (Å²) >= 11 is 0. The molecule has 1 aromatic carbocycles. The highest BCUT2D eigenvalue weighted by molar-refractivity contribution is 6.02. The monoisotopic (exact) mass is 238 g/mol. The molecule has 1 aromatic rings. The van der Waals surface area contributed by atoms with Crippen molar-refractivity contribution in [3.8, 4) is 0 Å². The molecule has 0 aromatic heterocycles. The molecule has 1 rings (SSSR count). The Morgan fingerprint density at radius 3 is 2.35 bits per heavy atom. The Balaban J connectivity index is 2.93. The van der Waals surface area contributed by atoms with E-state index < -0.39 is 17.5 Å². The number of carbonyl (C=O) groups excluding carboxylic acids is 1. The molecular weight excluding hydrogens is 224 g/mol. The van der Waals surface area contributed by atoms with Crippen molar-refractivity contribution in [1.82, 2.24) is 0 Å². The molecule has 0 fully saturated rings. The van der Waals surface area contributed by atoms with E-state index in [0.717, 1.165) is 0 Å². The van der Waals surface area contributed by atoms with Crippen molar-refractivity contribution in [2.75, 3.05) is 6.61 Å². The van der Waals surface area contributed by atoms with Gasteiger partial charge in [0, 0.05) is 6.42 Å². The maximum absolute atomic E-state index is 11.5. The van der Waals surface area contributed by atoms with E-state index in [-0.39, 0.29) is 13.0 Å². The topological polar surface area (TPSA) is 83.8 Å². The molecule has 2 N–H and O–H groups in total. The van der Waals surface area contributed by atoms with Crippen molar-refractivity contribution >= 4 is 11.9 Å². The summed E-state index contributed by atoms with van der Waals surface area (Å²) in [5.41, 5.74) is -1.98. The van der Waals surface area contributed by atoms with Crippen LogP contribution in [0, 0.1) is 0 Å². The average molecular weight is 238 g/mol. The zero-order chi connectivity index (χ0) is 12.9.